The topological polar surface area (TPSA) is 91.5 Å². The minimum Gasteiger partial charge on any atom is -0.368 e. The zero-order valence-electron chi connectivity index (χ0n) is 17.1. The summed E-state index contributed by atoms with van der Waals surface area (Å²) in [6.07, 6.45) is 0.974. The molecule has 150 valence electrons. The molecular weight excluding hydrogens is 354 g/mol. The summed E-state index contributed by atoms with van der Waals surface area (Å²) >= 11 is 0. The first-order valence-corrected chi connectivity index (χ1v) is 9.70. The van der Waals surface area contributed by atoms with Gasteiger partial charge in [0.05, 0.1) is 6.04 Å². The summed E-state index contributed by atoms with van der Waals surface area (Å²) in [6.45, 7) is 7.07. The molecule has 1 atom stereocenters. The highest BCUT2D eigenvalue weighted by Gasteiger charge is 2.27. The number of nitrogens with two attached hydrogens (primary N) is 1. The lowest BCUT2D eigenvalue weighted by molar-refractivity contribution is 0.0575. The van der Waals surface area contributed by atoms with E-state index >= 15 is 0 Å². The summed E-state index contributed by atoms with van der Waals surface area (Å²) in [5.41, 5.74) is 7.84. The van der Waals surface area contributed by atoms with Crippen LogP contribution in [0.25, 0.3) is 0 Å². The number of nitrogens with zero attached hydrogens (tertiary/aromatic N) is 6. The van der Waals surface area contributed by atoms with E-state index in [-0.39, 0.29) is 17.9 Å². The first-order chi connectivity index (χ1) is 13.4. The maximum atomic E-state index is 12.8. The van der Waals surface area contributed by atoms with Gasteiger partial charge in [0.15, 0.2) is 5.82 Å². The molecule has 0 saturated carbocycles. The molecule has 1 fully saturated rings. The zero-order valence-corrected chi connectivity index (χ0v) is 17.1. The van der Waals surface area contributed by atoms with Gasteiger partial charge in [-0.2, -0.15) is 15.0 Å². The molecule has 1 unspecified atom stereocenters. The van der Waals surface area contributed by atoms with Crippen LogP contribution in [-0.4, -0.2) is 70.9 Å². The van der Waals surface area contributed by atoms with Gasteiger partial charge in [0.2, 0.25) is 11.9 Å². The largest absolute Gasteiger partial charge is 0.368 e. The molecule has 1 aliphatic rings. The molecule has 0 aliphatic carbocycles. The monoisotopic (exact) mass is 383 g/mol. The standard InChI is InChI=1S/C20H29N7O/c1-5-15-6-8-16(9-7-15)18(28)27-12-10-26(11-13-27)14(2)17-22-19(21)24-20(23-17)25(3)4/h6-9,14H,5,10-13H2,1-4H3,(H2,21,22,23,24). The van der Waals surface area contributed by atoms with Gasteiger partial charge in [0.1, 0.15) is 0 Å². The molecule has 28 heavy (non-hydrogen) atoms. The maximum absolute atomic E-state index is 12.8. The molecule has 1 aromatic heterocycles. The van der Waals surface area contributed by atoms with Gasteiger partial charge >= 0.3 is 0 Å². The summed E-state index contributed by atoms with van der Waals surface area (Å²) in [7, 11) is 3.75. The second-order valence-electron chi connectivity index (χ2n) is 7.30. The summed E-state index contributed by atoms with van der Waals surface area (Å²) in [5.74, 6) is 1.53. The van der Waals surface area contributed by atoms with Crippen molar-refractivity contribution >= 4 is 17.8 Å². The minimum atomic E-state index is 0.00471. The van der Waals surface area contributed by atoms with Crippen LogP contribution in [-0.2, 0) is 6.42 Å². The number of aryl methyl sites for hydroxylation is 1. The van der Waals surface area contributed by atoms with E-state index in [9.17, 15) is 4.79 Å². The fraction of sp³-hybridized carbons (Fsp3) is 0.500. The molecule has 8 heteroatoms. The number of hydrogen-bond donors (Lipinski definition) is 1. The molecular formula is C20H29N7O. The summed E-state index contributed by atoms with van der Waals surface area (Å²) in [4.78, 5) is 31.8. The van der Waals surface area contributed by atoms with E-state index in [1.807, 2.05) is 48.2 Å². The van der Waals surface area contributed by atoms with Crippen molar-refractivity contribution in [1.29, 1.82) is 0 Å². The SMILES string of the molecule is CCc1ccc(C(=O)N2CCN(C(C)c3nc(N)nc(N(C)C)n3)CC2)cc1. The van der Waals surface area contributed by atoms with Gasteiger partial charge in [-0.05, 0) is 31.0 Å². The van der Waals surface area contributed by atoms with Crippen LogP contribution in [0.1, 0.15) is 41.6 Å². The van der Waals surface area contributed by atoms with E-state index in [0.29, 0.717) is 24.9 Å². The van der Waals surface area contributed by atoms with Gasteiger partial charge in [-0.1, -0.05) is 19.1 Å². The Bertz CT molecular complexity index is 814. The van der Waals surface area contributed by atoms with Crippen molar-refractivity contribution in [1.82, 2.24) is 24.8 Å². The predicted octanol–water partition coefficient (Wildman–Crippen LogP) is 1.60. The van der Waals surface area contributed by atoms with Crippen LogP contribution in [0.15, 0.2) is 24.3 Å². The molecule has 3 rings (SSSR count). The smallest absolute Gasteiger partial charge is 0.253 e. The molecule has 0 spiro atoms. The molecule has 0 radical (unpaired) electrons. The van der Waals surface area contributed by atoms with Gasteiger partial charge in [0.25, 0.3) is 5.91 Å². The molecule has 1 aliphatic heterocycles. The molecule has 2 aromatic rings. The number of hydrogen-bond acceptors (Lipinski definition) is 7. The van der Waals surface area contributed by atoms with Gasteiger partial charge in [0, 0.05) is 45.8 Å². The minimum absolute atomic E-state index is 0.00471. The van der Waals surface area contributed by atoms with Crippen LogP contribution >= 0.6 is 0 Å². The van der Waals surface area contributed by atoms with Gasteiger partial charge in [-0.15, -0.1) is 0 Å². The molecule has 2 N–H and O–H groups in total. The van der Waals surface area contributed by atoms with E-state index in [4.69, 9.17) is 5.73 Å². The van der Waals surface area contributed by atoms with Crippen molar-refractivity contribution in [2.24, 2.45) is 0 Å². The number of piperazine rings is 1. The Morgan fingerprint density at radius 2 is 1.75 bits per heavy atom. The van der Waals surface area contributed by atoms with Crippen LogP contribution in [0.2, 0.25) is 0 Å². The van der Waals surface area contributed by atoms with E-state index in [1.54, 1.807) is 0 Å². The van der Waals surface area contributed by atoms with Crippen molar-refractivity contribution < 1.29 is 4.79 Å². The molecule has 1 saturated heterocycles. The number of anilines is 2. The highest BCUT2D eigenvalue weighted by Crippen LogP contribution is 2.21. The fourth-order valence-corrected chi connectivity index (χ4v) is 3.33. The first-order valence-electron chi connectivity index (χ1n) is 9.70. The number of rotatable bonds is 5. The molecule has 0 bridgehead atoms. The number of carbonyl (C=O) groups excluding carboxylic acids is 1. The van der Waals surface area contributed by atoms with E-state index in [2.05, 4.69) is 33.7 Å². The third-order valence-electron chi connectivity index (χ3n) is 5.19. The zero-order chi connectivity index (χ0) is 20.3. The van der Waals surface area contributed by atoms with Crippen molar-refractivity contribution in [2.45, 2.75) is 26.3 Å². The highest BCUT2D eigenvalue weighted by atomic mass is 16.2. The second kappa shape index (κ2) is 8.52. The first kappa shape index (κ1) is 20.0. The van der Waals surface area contributed by atoms with E-state index in [1.165, 1.54) is 5.56 Å². The van der Waals surface area contributed by atoms with Crippen molar-refractivity contribution in [3.8, 4) is 0 Å². The number of nitrogen functional groups attached to an aromatic ring is 1. The Kier molecular flexibility index (Phi) is 6.08. The Labute approximate surface area is 166 Å². The van der Waals surface area contributed by atoms with Crippen LogP contribution in [0.3, 0.4) is 0 Å². The summed E-state index contributed by atoms with van der Waals surface area (Å²) in [5, 5.41) is 0. The van der Waals surface area contributed by atoms with E-state index < -0.39 is 0 Å². The average Bonchev–Trinajstić information content (AvgIpc) is 2.72. The second-order valence-corrected chi connectivity index (χ2v) is 7.30. The normalized spacial score (nSPS) is 16.1. The molecule has 2 heterocycles. The van der Waals surface area contributed by atoms with Crippen molar-refractivity contribution in [3.63, 3.8) is 0 Å². The lowest BCUT2D eigenvalue weighted by Gasteiger charge is -2.37. The lowest BCUT2D eigenvalue weighted by atomic mass is 10.1. The van der Waals surface area contributed by atoms with Crippen LogP contribution in [0.4, 0.5) is 11.9 Å². The summed E-state index contributed by atoms with van der Waals surface area (Å²) in [6, 6.07) is 7.90. The van der Waals surface area contributed by atoms with Crippen LogP contribution in [0, 0.1) is 0 Å². The molecule has 1 aromatic carbocycles. The summed E-state index contributed by atoms with van der Waals surface area (Å²) < 4.78 is 0. The van der Waals surface area contributed by atoms with Crippen LogP contribution < -0.4 is 10.6 Å². The van der Waals surface area contributed by atoms with Gasteiger partial charge in [-0.3, -0.25) is 9.69 Å². The number of amides is 1. The van der Waals surface area contributed by atoms with Crippen molar-refractivity contribution in [3.05, 3.63) is 41.2 Å². The Balaban J connectivity index is 1.63. The number of benzene rings is 1. The number of carbonyl (C=O) groups is 1. The quantitative estimate of drug-likeness (QED) is 0.838. The van der Waals surface area contributed by atoms with Gasteiger partial charge < -0.3 is 15.5 Å². The van der Waals surface area contributed by atoms with Crippen molar-refractivity contribution in [2.75, 3.05) is 50.9 Å². The van der Waals surface area contributed by atoms with Gasteiger partial charge in [-0.25, -0.2) is 0 Å². The van der Waals surface area contributed by atoms with E-state index in [0.717, 1.165) is 25.1 Å². The predicted molar refractivity (Wildman–Crippen MR) is 110 cm³/mol. The highest BCUT2D eigenvalue weighted by molar-refractivity contribution is 5.94. The third-order valence-corrected chi connectivity index (χ3v) is 5.19. The van der Waals surface area contributed by atoms with Crippen LogP contribution in [0.5, 0.6) is 0 Å². The maximum Gasteiger partial charge on any atom is 0.253 e. The number of aromatic nitrogens is 3. The Morgan fingerprint density at radius 3 is 2.32 bits per heavy atom. The molecule has 8 nitrogen and oxygen atoms in total. The average molecular weight is 384 g/mol. The third kappa shape index (κ3) is 4.39. The Morgan fingerprint density at radius 1 is 1.11 bits per heavy atom. The molecule has 1 amide bonds. The Hall–Kier alpha value is -2.74. The fourth-order valence-electron chi connectivity index (χ4n) is 3.33. The lowest BCUT2D eigenvalue weighted by Crippen LogP contribution is -2.49.